The number of rotatable bonds is 7. The zero-order chi connectivity index (χ0) is 19.8. The minimum absolute atomic E-state index is 0.0588. The molecule has 0 aliphatic heterocycles. The highest BCUT2D eigenvalue weighted by Crippen LogP contribution is 2.22. The number of amides is 2. The number of halogens is 1. The van der Waals surface area contributed by atoms with E-state index in [1.54, 1.807) is 55.5 Å². The standard InChI is InChI=1S/C20H21ClN2O4/c1-3-27-20(26)17-9-4-5-10-18(17)23(14(2)24)12-11-19(25)22-16-8-6-7-15(21)13-16/h4-10,13H,3,11-12H2,1-2H3,(H,22,25). The van der Waals surface area contributed by atoms with Crippen molar-refractivity contribution in [3.63, 3.8) is 0 Å². The first kappa shape index (κ1) is 20.5. The quantitative estimate of drug-likeness (QED) is 0.730. The lowest BCUT2D eigenvalue weighted by molar-refractivity contribution is -0.117. The van der Waals surface area contributed by atoms with Crippen LogP contribution in [0.5, 0.6) is 0 Å². The molecule has 0 radical (unpaired) electrons. The number of para-hydroxylation sites is 1. The second kappa shape index (κ2) is 9.73. The van der Waals surface area contributed by atoms with Crippen molar-refractivity contribution in [3.8, 4) is 0 Å². The summed E-state index contributed by atoms with van der Waals surface area (Å²) in [6.45, 7) is 3.45. The number of nitrogens with zero attached hydrogens (tertiary/aromatic N) is 1. The van der Waals surface area contributed by atoms with Gasteiger partial charge in [0.25, 0.3) is 0 Å². The second-order valence-corrected chi connectivity index (χ2v) is 6.15. The van der Waals surface area contributed by atoms with E-state index in [9.17, 15) is 14.4 Å². The monoisotopic (exact) mass is 388 g/mol. The number of hydrogen-bond donors (Lipinski definition) is 1. The van der Waals surface area contributed by atoms with Crippen molar-refractivity contribution in [2.75, 3.05) is 23.4 Å². The topological polar surface area (TPSA) is 75.7 Å². The van der Waals surface area contributed by atoms with Crippen LogP contribution in [0.2, 0.25) is 5.02 Å². The highest BCUT2D eigenvalue weighted by atomic mass is 35.5. The highest BCUT2D eigenvalue weighted by Gasteiger charge is 2.20. The van der Waals surface area contributed by atoms with Gasteiger partial charge in [-0.25, -0.2) is 4.79 Å². The fraction of sp³-hybridized carbons (Fsp3) is 0.250. The van der Waals surface area contributed by atoms with Crippen molar-refractivity contribution in [3.05, 3.63) is 59.1 Å². The third-order valence-electron chi connectivity index (χ3n) is 3.74. The first-order valence-electron chi connectivity index (χ1n) is 8.52. The van der Waals surface area contributed by atoms with Crippen LogP contribution in [-0.2, 0) is 14.3 Å². The van der Waals surface area contributed by atoms with Gasteiger partial charge in [-0.1, -0.05) is 29.8 Å². The molecule has 0 aliphatic rings. The molecule has 0 atom stereocenters. The van der Waals surface area contributed by atoms with Crippen LogP contribution in [0.3, 0.4) is 0 Å². The minimum atomic E-state index is -0.511. The lowest BCUT2D eigenvalue weighted by atomic mass is 10.1. The van der Waals surface area contributed by atoms with Gasteiger partial charge in [0.05, 0.1) is 17.9 Å². The van der Waals surface area contributed by atoms with Gasteiger partial charge in [-0.05, 0) is 37.3 Å². The van der Waals surface area contributed by atoms with Gasteiger partial charge in [0, 0.05) is 30.6 Å². The molecule has 0 aliphatic carbocycles. The Hall–Kier alpha value is -2.86. The van der Waals surface area contributed by atoms with Crippen LogP contribution in [0.4, 0.5) is 11.4 Å². The van der Waals surface area contributed by atoms with E-state index in [0.29, 0.717) is 16.4 Å². The predicted octanol–water partition coefficient (Wildman–Crippen LogP) is 3.90. The van der Waals surface area contributed by atoms with Crippen molar-refractivity contribution in [1.82, 2.24) is 0 Å². The van der Waals surface area contributed by atoms with E-state index in [2.05, 4.69) is 5.32 Å². The molecule has 7 heteroatoms. The normalized spacial score (nSPS) is 10.2. The van der Waals surface area contributed by atoms with Gasteiger partial charge in [-0.3, -0.25) is 9.59 Å². The molecule has 2 rings (SSSR count). The highest BCUT2D eigenvalue weighted by molar-refractivity contribution is 6.30. The zero-order valence-corrected chi connectivity index (χ0v) is 16.0. The Bertz CT molecular complexity index is 838. The van der Waals surface area contributed by atoms with Crippen LogP contribution in [0, 0.1) is 0 Å². The maximum Gasteiger partial charge on any atom is 0.340 e. The average molecular weight is 389 g/mol. The SMILES string of the molecule is CCOC(=O)c1ccccc1N(CCC(=O)Nc1cccc(Cl)c1)C(C)=O. The van der Waals surface area contributed by atoms with Gasteiger partial charge in [0.2, 0.25) is 11.8 Å². The van der Waals surface area contributed by atoms with Gasteiger partial charge in [0.15, 0.2) is 0 Å². The van der Waals surface area contributed by atoms with E-state index in [-0.39, 0.29) is 37.0 Å². The largest absolute Gasteiger partial charge is 0.462 e. The van der Waals surface area contributed by atoms with Crippen molar-refractivity contribution in [1.29, 1.82) is 0 Å². The van der Waals surface area contributed by atoms with Crippen molar-refractivity contribution < 1.29 is 19.1 Å². The Kier molecular flexibility index (Phi) is 7.37. The van der Waals surface area contributed by atoms with E-state index in [4.69, 9.17) is 16.3 Å². The molecule has 0 unspecified atom stereocenters. The first-order valence-corrected chi connectivity index (χ1v) is 8.89. The van der Waals surface area contributed by atoms with Gasteiger partial charge in [-0.2, -0.15) is 0 Å². The summed E-state index contributed by atoms with van der Waals surface area (Å²) < 4.78 is 5.05. The number of benzene rings is 2. The van der Waals surface area contributed by atoms with Crippen molar-refractivity contribution >= 4 is 40.8 Å². The Morgan fingerprint density at radius 3 is 2.52 bits per heavy atom. The van der Waals surface area contributed by atoms with Gasteiger partial charge >= 0.3 is 5.97 Å². The molecule has 2 amide bonds. The lowest BCUT2D eigenvalue weighted by Gasteiger charge is -2.23. The minimum Gasteiger partial charge on any atom is -0.462 e. The molecule has 142 valence electrons. The number of nitrogens with one attached hydrogen (secondary N) is 1. The molecule has 0 fully saturated rings. The molecular formula is C20H21ClN2O4. The summed E-state index contributed by atoms with van der Waals surface area (Å²) in [5.74, 6) is -1.05. The van der Waals surface area contributed by atoms with Gasteiger partial charge < -0.3 is 15.0 Å². The summed E-state index contributed by atoms with van der Waals surface area (Å²) in [7, 11) is 0. The summed E-state index contributed by atoms with van der Waals surface area (Å²) in [5, 5.41) is 3.25. The summed E-state index contributed by atoms with van der Waals surface area (Å²) in [4.78, 5) is 37.9. The van der Waals surface area contributed by atoms with Crippen LogP contribution >= 0.6 is 11.6 Å². The molecule has 0 bridgehead atoms. The van der Waals surface area contributed by atoms with Crippen LogP contribution < -0.4 is 10.2 Å². The molecule has 1 N–H and O–H groups in total. The second-order valence-electron chi connectivity index (χ2n) is 5.72. The third kappa shape index (κ3) is 5.82. The van der Waals surface area contributed by atoms with E-state index >= 15 is 0 Å². The third-order valence-corrected chi connectivity index (χ3v) is 3.98. The predicted molar refractivity (Wildman–Crippen MR) is 105 cm³/mol. The number of hydrogen-bond acceptors (Lipinski definition) is 4. The molecule has 6 nitrogen and oxygen atoms in total. The number of ether oxygens (including phenoxy) is 1. The van der Waals surface area contributed by atoms with Gasteiger partial charge in [0.1, 0.15) is 0 Å². The summed E-state index contributed by atoms with van der Waals surface area (Å²) >= 11 is 5.90. The molecule has 2 aromatic rings. The van der Waals surface area contributed by atoms with Crippen molar-refractivity contribution in [2.24, 2.45) is 0 Å². The Labute approximate surface area is 163 Å². The average Bonchev–Trinajstić information content (AvgIpc) is 2.62. The molecule has 0 saturated heterocycles. The molecule has 0 aromatic heterocycles. The first-order chi connectivity index (χ1) is 12.9. The molecule has 0 spiro atoms. The van der Waals surface area contributed by atoms with E-state index in [0.717, 1.165) is 0 Å². The fourth-order valence-electron chi connectivity index (χ4n) is 2.54. The van der Waals surface area contributed by atoms with E-state index in [1.165, 1.54) is 11.8 Å². The molecule has 0 heterocycles. The molecule has 27 heavy (non-hydrogen) atoms. The van der Waals surface area contributed by atoms with Crippen LogP contribution in [0.1, 0.15) is 30.6 Å². The summed E-state index contributed by atoms with van der Waals surface area (Å²) in [5.41, 5.74) is 1.28. The van der Waals surface area contributed by atoms with Crippen LogP contribution in [0.25, 0.3) is 0 Å². The number of carbonyl (C=O) groups is 3. The zero-order valence-electron chi connectivity index (χ0n) is 15.2. The van der Waals surface area contributed by atoms with E-state index in [1.807, 2.05) is 0 Å². The number of esters is 1. The van der Waals surface area contributed by atoms with Crippen LogP contribution in [0.15, 0.2) is 48.5 Å². The number of anilines is 2. The maximum absolute atomic E-state index is 12.2. The molecule has 0 saturated carbocycles. The Morgan fingerprint density at radius 1 is 1.11 bits per heavy atom. The molecule has 2 aromatic carbocycles. The lowest BCUT2D eigenvalue weighted by Crippen LogP contribution is -2.33. The molecular weight excluding hydrogens is 368 g/mol. The number of carbonyl (C=O) groups excluding carboxylic acids is 3. The smallest absolute Gasteiger partial charge is 0.340 e. The Morgan fingerprint density at radius 2 is 1.85 bits per heavy atom. The van der Waals surface area contributed by atoms with E-state index < -0.39 is 5.97 Å². The van der Waals surface area contributed by atoms with Crippen molar-refractivity contribution in [2.45, 2.75) is 20.3 Å². The summed E-state index contributed by atoms with van der Waals surface area (Å²) in [6, 6.07) is 13.5. The fourth-order valence-corrected chi connectivity index (χ4v) is 2.73. The van der Waals surface area contributed by atoms with Crippen LogP contribution in [-0.4, -0.2) is 30.9 Å². The van der Waals surface area contributed by atoms with Gasteiger partial charge in [-0.15, -0.1) is 0 Å². The summed E-state index contributed by atoms with van der Waals surface area (Å²) in [6.07, 6.45) is 0.0588. The maximum atomic E-state index is 12.2. The Balaban J connectivity index is 2.11.